The lowest BCUT2D eigenvalue weighted by Gasteiger charge is -2.38. The molecule has 32 heavy (non-hydrogen) atoms. The molecule has 8 heteroatoms. The third kappa shape index (κ3) is 6.19. The summed E-state index contributed by atoms with van der Waals surface area (Å²) in [4.78, 5) is 4.39. The van der Waals surface area contributed by atoms with Crippen LogP contribution in [-0.2, 0) is 10.2 Å². The third-order valence-corrected chi connectivity index (χ3v) is 5.88. The predicted octanol–water partition coefficient (Wildman–Crippen LogP) is 3.72. The van der Waals surface area contributed by atoms with Gasteiger partial charge in [0.15, 0.2) is 17.5 Å². The first kappa shape index (κ1) is 24.4. The molecule has 2 heterocycles. The van der Waals surface area contributed by atoms with E-state index in [2.05, 4.69) is 27.8 Å². The summed E-state index contributed by atoms with van der Waals surface area (Å²) in [6, 6.07) is 16.2. The van der Waals surface area contributed by atoms with Crippen LogP contribution in [0, 0.1) is 0 Å². The van der Waals surface area contributed by atoms with Crippen molar-refractivity contribution < 1.29 is 18.9 Å². The van der Waals surface area contributed by atoms with Gasteiger partial charge < -0.3 is 29.6 Å². The first-order valence-corrected chi connectivity index (χ1v) is 10.9. The summed E-state index contributed by atoms with van der Waals surface area (Å²) >= 11 is 0. The van der Waals surface area contributed by atoms with E-state index in [1.165, 1.54) is 5.56 Å². The molecule has 2 aromatic rings. The van der Waals surface area contributed by atoms with E-state index in [9.17, 15) is 0 Å². The molecule has 1 saturated heterocycles. The largest absolute Gasteiger partial charge is 0.494 e. The fourth-order valence-corrected chi connectivity index (χ4v) is 4.02. The minimum atomic E-state index is -0.0345. The number of hydrogen-bond acceptors (Lipinski definition) is 5. The molecular formula is C24H32IN3O4. The predicted molar refractivity (Wildman–Crippen MR) is 136 cm³/mol. The Morgan fingerprint density at radius 2 is 1.81 bits per heavy atom. The van der Waals surface area contributed by atoms with Crippen molar-refractivity contribution >= 4 is 29.9 Å². The molecule has 0 amide bonds. The summed E-state index contributed by atoms with van der Waals surface area (Å²) in [5.41, 5.74) is 1.21. The van der Waals surface area contributed by atoms with E-state index in [1.807, 2.05) is 36.4 Å². The van der Waals surface area contributed by atoms with Crippen molar-refractivity contribution in [3.8, 4) is 17.2 Å². The van der Waals surface area contributed by atoms with Crippen molar-refractivity contribution in [3.05, 3.63) is 54.1 Å². The molecular weight excluding hydrogens is 521 g/mol. The topological polar surface area (TPSA) is 73.3 Å². The zero-order chi connectivity index (χ0) is 21.4. The molecule has 2 N–H and O–H groups in total. The molecule has 0 spiro atoms. The number of hydrogen-bond donors (Lipinski definition) is 2. The molecule has 0 unspecified atom stereocenters. The summed E-state index contributed by atoms with van der Waals surface area (Å²) in [5, 5.41) is 6.91. The van der Waals surface area contributed by atoms with Gasteiger partial charge in [0.25, 0.3) is 0 Å². The molecule has 0 aliphatic carbocycles. The monoisotopic (exact) mass is 553 g/mol. The Morgan fingerprint density at radius 1 is 1.03 bits per heavy atom. The van der Waals surface area contributed by atoms with E-state index < -0.39 is 0 Å². The fraction of sp³-hybridized carbons (Fsp3) is 0.458. The van der Waals surface area contributed by atoms with Crippen LogP contribution >= 0.6 is 24.0 Å². The van der Waals surface area contributed by atoms with Crippen molar-refractivity contribution in [3.63, 3.8) is 0 Å². The number of rotatable bonds is 8. The van der Waals surface area contributed by atoms with Gasteiger partial charge in [-0.25, -0.2) is 0 Å². The highest BCUT2D eigenvalue weighted by molar-refractivity contribution is 14.0. The second kappa shape index (κ2) is 12.2. The second-order valence-electron chi connectivity index (χ2n) is 7.83. The molecule has 2 aromatic carbocycles. The van der Waals surface area contributed by atoms with Gasteiger partial charge in [-0.05, 0) is 49.1 Å². The minimum Gasteiger partial charge on any atom is -0.494 e. The first-order chi connectivity index (χ1) is 15.3. The molecule has 0 radical (unpaired) electrons. The van der Waals surface area contributed by atoms with Gasteiger partial charge in [-0.1, -0.05) is 24.3 Å². The summed E-state index contributed by atoms with van der Waals surface area (Å²) in [6.07, 6.45) is 2.78. The Hall–Kier alpha value is -2.20. The van der Waals surface area contributed by atoms with Gasteiger partial charge in [0.1, 0.15) is 5.75 Å². The highest BCUT2D eigenvalue weighted by Gasteiger charge is 2.35. The molecule has 174 valence electrons. The Balaban J connectivity index is 0.00000289. The van der Waals surface area contributed by atoms with Gasteiger partial charge in [0, 0.05) is 38.8 Å². The van der Waals surface area contributed by atoms with E-state index in [4.69, 9.17) is 18.9 Å². The molecule has 0 aromatic heterocycles. The van der Waals surface area contributed by atoms with Crippen LogP contribution in [0.25, 0.3) is 0 Å². The molecule has 0 bridgehead atoms. The van der Waals surface area contributed by atoms with Crippen molar-refractivity contribution in [2.45, 2.75) is 24.7 Å². The smallest absolute Gasteiger partial charge is 0.231 e. The van der Waals surface area contributed by atoms with E-state index in [1.54, 1.807) is 7.05 Å². The van der Waals surface area contributed by atoms with Gasteiger partial charge in [0.2, 0.25) is 6.79 Å². The summed E-state index contributed by atoms with van der Waals surface area (Å²) in [6.45, 7) is 4.00. The number of guanidine groups is 1. The molecule has 7 nitrogen and oxygen atoms in total. The van der Waals surface area contributed by atoms with Gasteiger partial charge in [-0.2, -0.15) is 0 Å². The maximum atomic E-state index is 5.75. The molecule has 2 aliphatic heterocycles. The van der Waals surface area contributed by atoms with E-state index in [0.29, 0.717) is 6.61 Å². The number of nitrogens with one attached hydrogen (secondary N) is 2. The van der Waals surface area contributed by atoms with Crippen molar-refractivity contribution in [2.24, 2.45) is 4.99 Å². The van der Waals surface area contributed by atoms with Crippen LogP contribution in [0.1, 0.15) is 24.8 Å². The van der Waals surface area contributed by atoms with Gasteiger partial charge in [-0.15, -0.1) is 24.0 Å². The highest BCUT2D eigenvalue weighted by Crippen LogP contribution is 2.40. The number of aliphatic imine (C=N–C) groups is 1. The number of ether oxygens (including phenoxy) is 4. The van der Waals surface area contributed by atoms with Gasteiger partial charge in [0.05, 0.1) is 6.61 Å². The van der Waals surface area contributed by atoms with E-state index in [0.717, 1.165) is 68.8 Å². The zero-order valence-corrected chi connectivity index (χ0v) is 20.8. The van der Waals surface area contributed by atoms with Crippen LogP contribution in [0.2, 0.25) is 0 Å². The summed E-state index contributed by atoms with van der Waals surface area (Å²) in [5.74, 6) is 3.33. The van der Waals surface area contributed by atoms with Gasteiger partial charge >= 0.3 is 0 Å². The number of nitrogens with zero attached hydrogens (tertiary/aromatic N) is 1. The Morgan fingerprint density at radius 3 is 2.59 bits per heavy atom. The standard InChI is InChI=1S/C24H31N3O4.HI/c1-25-23(26-12-5-13-29-20-6-3-2-4-7-20)27-17-24(10-14-28-15-11-24)19-8-9-21-22(16-19)31-18-30-21;/h2-4,6-9,16H,5,10-15,17-18H2,1H3,(H2,25,26,27);1H. The van der Waals surface area contributed by atoms with Crippen LogP contribution in [0.15, 0.2) is 53.5 Å². The number of para-hydroxylation sites is 1. The average Bonchev–Trinajstić information content (AvgIpc) is 3.30. The van der Waals surface area contributed by atoms with Crippen LogP contribution in [0.4, 0.5) is 0 Å². The molecule has 2 aliphatic rings. The van der Waals surface area contributed by atoms with E-state index in [-0.39, 0.29) is 36.2 Å². The average molecular weight is 553 g/mol. The Bertz CT molecular complexity index is 873. The highest BCUT2D eigenvalue weighted by atomic mass is 127. The Labute approximate surface area is 206 Å². The van der Waals surface area contributed by atoms with Crippen LogP contribution in [0.5, 0.6) is 17.2 Å². The Kier molecular flexibility index (Phi) is 9.28. The second-order valence-corrected chi connectivity index (χ2v) is 7.83. The molecule has 1 fully saturated rings. The van der Waals surface area contributed by atoms with Crippen LogP contribution in [0.3, 0.4) is 0 Å². The number of benzene rings is 2. The van der Waals surface area contributed by atoms with Crippen molar-refractivity contribution in [1.82, 2.24) is 10.6 Å². The SMILES string of the molecule is CN=C(NCCCOc1ccccc1)NCC1(c2ccc3c(c2)OCO3)CCOCC1.I. The maximum Gasteiger partial charge on any atom is 0.231 e. The summed E-state index contributed by atoms with van der Waals surface area (Å²) < 4.78 is 22.5. The lowest BCUT2D eigenvalue weighted by molar-refractivity contribution is 0.0513. The molecule has 0 saturated carbocycles. The summed E-state index contributed by atoms with van der Waals surface area (Å²) in [7, 11) is 1.80. The van der Waals surface area contributed by atoms with Crippen molar-refractivity contribution in [1.29, 1.82) is 0 Å². The molecule has 0 atom stereocenters. The van der Waals surface area contributed by atoms with Crippen LogP contribution < -0.4 is 24.8 Å². The number of fused-ring (bicyclic) bond motifs is 1. The molecule has 4 rings (SSSR count). The number of halogens is 1. The lowest BCUT2D eigenvalue weighted by Crippen LogP contribution is -2.48. The normalized spacial score (nSPS) is 16.7. The fourth-order valence-electron chi connectivity index (χ4n) is 4.02. The van der Waals surface area contributed by atoms with Crippen molar-refractivity contribution in [2.75, 3.05) is 46.8 Å². The minimum absolute atomic E-state index is 0. The lowest BCUT2D eigenvalue weighted by atomic mass is 9.74. The quantitative estimate of drug-likeness (QED) is 0.225. The third-order valence-electron chi connectivity index (χ3n) is 5.88. The zero-order valence-electron chi connectivity index (χ0n) is 18.5. The van der Waals surface area contributed by atoms with Gasteiger partial charge in [-0.3, -0.25) is 4.99 Å². The first-order valence-electron chi connectivity index (χ1n) is 10.9. The maximum absolute atomic E-state index is 5.75. The van der Waals surface area contributed by atoms with E-state index >= 15 is 0 Å². The van der Waals surface area contributed by atoms with Crippen LogP contribution in [-0.4, -0.2) is 52.7 Å².